The molecular weight excluding hydrogens is 392 g/mol. The van der Waals surface area contributed by atoms with Crippen molar-refractivity contribution in [2.24, 2.45) is 5.92 Å². The maximum Gasteiger partial charge on any atom is 0.248 e. The van der Waals surface area contributed by atoms with Crippen LogP contribution in [0.25, 0.3) is 0 Å². The maximum atomic E-state index is 12.9. The summed E-state index contributed by atoms with van der Waals surface area (Å²) >= 11 is 0. The van der Waals surface area contributed by atoms with E-state index in [2.05, 4.69) is 39.5 Å². The predicted molar refractivity (Wildman–Crippen MR) is 112 cm³/mol. The summed E-state index contributed by atoms with van der Waals surface area (Å²) in [6.45, 7) is 7.29. The Morgan fingerprint density at radius 3 is 2.67 bits per heavy atom. The van der Waals surface area contributed by atoms with Crippen LogP contribution in [0.2, 0.25) is 0 Å². The number of amides is 1. The smallest absolute Gasteiger partial charge is 0.248 e. The highest BCUT2D eigenvalue weighted by molar-refractivity contribution is 6.00. The molecule has 164 valence electrons. The molecule has 0 unspecified atom stereocenters. The summed E-state index contributed by atoms with van der Waals surface area (Å²) < 4.78 is 27.6. The topological polar surface area (TPSA) is 88.0 Å². The molecule has 0 radical (unpaired) electrons. The number of alkyl halides is 2. The summed E-state index contributed by atoms with van der Waals surface area (Å²) in [5, 5.41) is 10.2. The number of hydrogen-bond acceptors (Lipinski definition) is 6. The van der Waals surface area contributed by atoms with Crippen molar-refractivity contribution in [3.8, 4) is 0 Å². The van der Waals surface area contributed by atoms with Crippen LogP contribution < -0.4 is 15.5 Å². The number of anilines is 3. The van der Waals surface area contributed by atoms with Crippen LogP contribution in [0.15, 0.2) is 12.4 Å². The molecule has 8 nitrogen and oxygen atoms in total. The molecule has 3 heterocycles. The van der Waals surface area contributed by atoms with Crippen LogP contribution in [0, 0.1) is 12.8 Å². The Bertz CT molecular complexity index is 891. The van der Waals surface area contributed by atoms with E-state index in [-0.39, 0.29) is 31.2 Å². The first-order valence-electron chi connectivity index (χ1n) is 10.2. The lowest BCUT2D eigenvalue weighted by Gasteiger charge is -2.34. The Labute approximate surface area is 175 Å². The van der Waals surface area contributed by atoms with Gasteiger partial charge in [-0.05, 0) is 12.8 Å². The zero-order valence-corrected chi connectivity index (χ0v) is 17.9. The van der Waals surface area contributed by atoms with Crippen LogP contribution >= 0.6 is 0 Å². The second kappa shape index (κ2) is 8.93. The van der Waals surface area contributed by atoms with Crippen molar-refractivity contribution in [2.75, 3.05) is 29.1 Å². The summed E-state index contributed by atoms with van der Waals surface area (Å²) in [4.78, 5) is 22.3. The van der Waals surface area contributed by atoms with Gasteiger partial charge in [-0.1, -0.05) is 20.3 Å². The molecular formula is C20H29F2N7O. The molecule has 0 bridgehead atoms. The SMILES string of the molecule is CCC.Cc1nc(NCc2cnn(CC3CC(F)(F)C3)c2)nc2c1NC(=O)CN2C. The summed E-state index contributed by atoms with van der Waals surface area (Å²) in [6.07, 6.45) is 4.68. The van der Waals surface area contributed by atoms with Crippen LogP contribution in [0.1, 0.15) is 44.4 Å². The third kappa shape index (κ3) is 5.22. The quantitative estimate of drug-likeness (QED) is 0.769. The number of nitrogens with one attached hydrogen (secondary N) is 2. The molecule has 0 atom stereocenters. The van der Waals surface area contributed by atoms with Gasteiger partial charge in [-0.25, -0.2) is 13.8 Å². The number of fused-ring (bicyclic) bond motifs is 1. The van der Waals surface area contributed by atoms with Gasteiger partial charge in [-0.15, -0.1) is 0 Å². The standard InChI is InChI=1S/C17H21F2N7O.C3H8/c1-10-14-15(25(2)9-13(27)23-14)24-16(22-10)20-5-12-6-21-26(8-12)7-11-3-17(18,19)4-11;1-3-2/h6,8,11H,3-5,7,9H2,1-2H3,(H,23,27)(H,20,22,24);3H2,1-2H3. The van der Waals surface area contributed by atoms with Crippen LogP contribution in [-0.2, 0) is 17.9 Å². The van der Waals surface area contributed by atoms with Gasteiger partial charge in [0.1, 0.15) is 5.69 Å². The molecule has 2 aromatic rings. The molecule has 10 heteroatoms. The van der Waals surface area contributed by atoms with Gasteiger partial charge in [0.2, 0.25) is 17.8 Å². The molecule has 1 aliphatic heterocycles. The molecule has 1 fully saturated rings. The van der Waals surface area contributed by atoms with Gasteiger partial charge in [0, 0.05) is 44.7 Å². The number of hydrogen-bond donors (Lipinski definition) is 2. The minimum atomic E-state index is -2.50. The van der Waals surface area contributed by atoms with Gasteiger partial charge in [0.25, 0.3) is 0 Å². The average molecular weight is 421 g/mol. The number of carbonyl (C=O) groups excluding carboxylic acids is 1. The fraction of sp³-hybridized carbons (Fsp3) is 0.600. The van der Waals surface area contributed by atoms with Crippen LogP contribution in [0.4, 0.5) is 26.2 Å². The Morgan fingerprint density at radius 1 is 1.30 bits per heavy atom. The largest absolute Gasteiger partial charge is 0.350 e. The Hall–Kier alpha value is -2.78. The number of halogens is 2. The summed E-state index contributed by atoms with van der Waals surface area (Å²) in [6, 6.07) is 0. The van der Waals surface area contributed by atoms with Crippen molar-refractivity contribution in [3.05, 3.63) is 23.7 Å². The van der Waals surface area contributed by atoms with Crippen LogP contribution in [0.3, 0.4) is 0 Å². The molecule has 1 aliphatic carbocycles. The van der Waals surface area contributed by atoms with Gasteiger partial charge in [0.05, 0.1) is 18.4 Å². The Balaban J connectivity index is 0.000000806. The van der Waals surface area contributed by atoms with Gasteiger partial charge in [-0.2, -0.15) is 10.1 Å². The third-order valence-corrected chi connectivity index (χ3v) is 4.83. The minimum Gasteiger partial charge on any atom is -0.350 e. The second-order valence-electron chi connectivity index (χ2n) is 8.00. The number of aryl methyl sites for hydroxylation is 1. The van der Waals surface area contributed by atoms with E-state index in [0.29, 0.717) is 36.2 Å². The number of aromatic nitrogens is 4. The van der Waals surface area contributed by atoms with Gasteiger partial charge >= 0.3 is 0 Å². The van der Waals surface area contributed by atoms with Crippen molar-refractivity contribution in [1.29, 1.82) is 0 Å². The lowest BCUT2D eigenvalue weighted by molar-refractivity contribution is -0.115. The lowest BCUT2D eigenvalue weighted by Crippen LogP contribution is -2.37. The van der Waals surface area contributed by atoms with Crippen molar-refractivity contribution in [3.63, 3.8) is 0 Å². The molecule has 2 N–H and O–H groups in total. The molecule has 1 amide bonds. The van der Waals surface area contributed by atoms with Crippen molar-refractivity contribution >= 4 is 23.4 Å². The normalized spacial score (nSPS) is 17.4. The van der Waals surface area contributed by atoms with E-state index in [9.17, 15) is 13.6 Å². The van der Waals surface area contributed by atoms with E-state index in [4.69, 9.17) is 0 Å². The number of carbonyl (C=O) groups is 1. The second-order valence-corrected chi connectivity index (χ2v) is 8.00. The van der Waals surface area contributed by atoms with E-state index < -0.39 is 5.92 Å². The first-order chi connectivity index (χ1) is 14.2. The van der Waals surface area contributed by atoms with Crippen molar-refractivity contribution in [2.45, 2.75) is 59.0 Å². The highest BCUT2D eigenvalue weighted by Gasteiger charge is 2.45. The molecule has 1 saturated carbocycles. The summed E-state index contributed by atoms with van der Waals surface area (Å²) in [5.41, 5.74) is 2.23. The zero-order valence-electron chi connectivity index (χ0n) is 17.9. The molecule has 0 spiro atoms. The van der Waals surface area contributed by atoms with Crippen molar-refractivity contribution < 1.29 is 13.6 Å². The van der Waals surface area contributed by atoms with E-state index in [0.717, 1.165) is 5.56 Å². The molecule has 0 aromatic carbocycles. The fourth-order valence-corrected chi connectivity index (χ4v) is 3.49. The number of nitrogens with zero attached hydrogens (tertiary/aromatic N) is 5. The van der Waals surface area contributed by atoms with Gasteiger partial charge < -0.3 is 15.5 Å². The predicted octanol–water partition coefficient (Wildman–Crippen LogP) is 3.44. The highest BCUT2D eigenvalue weighted by Crippen LogP contribution is 2.43. The monoisotopic (exact) mass is 421 g/mol. The molecule has 4 rings (SSSR count). The first kappa shape index (κ1) is 21.9. The molecule has 2 aliphatic rings. The molecule has 0 saturated heterocycles. The van der Waals surface area contributed by atoms with Gasteiger partial charge in [-0.3, -0.25) is 9.48 Å². The lowest BCUT2D eigenvalue weighted by atomic mass is 9.81. The van der Waals surface area contributed by atoms with Gasteiger partial charge in [0.15, 0.2) is 5.82 Å². The number of likely N-dealkylation sites (N-methyl/N-ethyl adjacent to an activating group) is 1. The highest BCUT2D eigenvalue weighted by atomic mass is 19.3. The maximum absolute atomic E-state index is 12.9. The van der Waals surface area contributed by atoms with Crippen LogP contribution in [0.5, 0.6) is 0 Å². The van der Waals surface area contributed by atoms with Crippen LogP contribution in [-0.4, -0.2) is 45.2 Å². The molecule has 30 heavy (non-hydrogen) atoms. The van der Waals surface area contributed by atoms with E-state index >= 15 is 0 Å². The van der Waals surface area contributed by atoms with E-state index in [1.54, 1.807) is 15.8 Å². The Kier molecular flexibility index (Phi) is 6.52. The number of rotatable bonds is 5. The molecule has 2 aromatic heterocycles. The fourth-order valence-electron chi connectivity index (χ4n) is 3.49. The first-order valence-corrected chi connectivity index (χ1v) is 10.2. The van der Waals surface area contributed by atoms with Crippen molar-refractivity contribution in [1.82, 2.24) is 19.7 Å². The summed E-state index contributed by atoms with van der Waals surface area (Å²) in [7, 11) is 1.81. The average Bonchev–Trinajstić information content (AvgIpc) is 3.07. The third-order valence-electron chi connectivity index (χ3n) is 4.83. The van der Waals surface area contributed by atoms with E-state index in [1.807, 2.05) is 20.2 Å². The zero-order chi connectivity index (χ0) is 21.9. The van der Waals surface area contributed by atoms with E-state index in [1.165, 1.54) is 6.42 Å². The summed E-state index contributed by atoms with van der Waals surface area (Å²) in [5.74, 6) is -1.48. The minimum absolute atomic E-state index is 0.0157. The Morgan fingerprint density at radius 2 is 2.00 bits per heavy atom.